The summed E-state index contributed by atoms with van der Waals surface area (Å²) >= 11 is 0. The zero-order valence-electron chi connectivity index (χ0n) is 11.5. The summed E-state index contributed by atoms with van der Waals surface area (Å²) in [5, 5.41) is 12.2. The van der Waals surface area contributed by atoms with E-state index >= 15 is 0 Å². The number of hydrogen-bond donors (Lipinski definition) is 2. The van der Waals surface area contributed by atoms with Crippen LogP contribution in [0.15, 0.2) is 0 Å². The normalized spacial score (nSPS) is 29.3. The maximum Gasteiger partial charge on any atom is 0.310 e. The van der Waals surface area contributed by atoms with Crippen molar-refractivity contribution in [2.75, 3.05) is 7.11 Å². The smallest absolute Gasteiger partial charge is 0.310 e. The molecule has 0 aliphatic heterocycles. The summed E-state index contributed by atoms with van der Waals surface area (Å²) in [4.78, 5) is 23.3. The average Bonchev–Trinajstić information content (AvgIpc) is 2.34. The molecular formula is C14H23NO4. The van der Waals surface area contributed by atoms with Crippen LogP contribution < -0.4 is 5.32 Å². The minimum Gasteiger partial charge on any atom is -0.481 e. The lowest BCUT2D eigenvalue weighted by Gasteiger charge is -2.38. The van der Waals surface area contributed by atoms with Crippen LogP contribution in [0.5, 0.6) is 0 Å². The minimum atomic E-state index is -0.833. The fourth-order valence-corrected chi connectivity index (χ4v) is 3.18. The highest BCUT2D eigenvalue weighted by Crippen LogP contribution is 2.44. The number of nitrogens with one attached hydrogen (secondary N) is 1. The summed E-state index contributed by atoms with van der Waals surface area (Å²) in [5.41, 5.74) is -0.804. The van der Waals surface area contributed by atoms with E-state index < -0.39 is 11.4 Å². The Labute approximate surface area is 113 Å². The second-order valence-electron chi connectivity index (χ2n) is 5.85. The van der Waals surface area contributed by atoms with Crippen molar-refractivity contribution in [3.63, 3.8) is 0 Å². The molecule has 0 radical (unpaired) electrons. The van der Waals surface area contributed by atoms with Crippen LogP contribution >= 0.6 is 0 Å². The SMILES string of the molecule is CO[C@H]1CCCC[C@@H]1NC(=O)CC1(C(=O)O)CCC1. The molecule has 5 heteroatoms. The first kappa shape index (κ1) is 14.3. The largest absolute Gasteiger partial charge is 0.481 e. The van der Waals surface area contributed by atoms with Gasteiger partial charge in [0.05, 0.1) is 17.6 Å². The van der Waals surface area contributed by atoms with E-state index in [1.54, 1.807) is 7.11 Å². The number of amides is 1. The highest BCUT2D eigenvalue weighted by atomic mass is 16.5. The number of hydrogen-bond acceptors (Lipinski definition) is 3. The number of aliphatic carboxylic acids is 1. The van der Waals surface area contributed by atoms with Crippen LogP contribution in [-0.2, 0) is 14.3 Å². The standard InChI is InChI=1S/C14H23NO4/c1-19-11-6-3-2-5-10(11)15-12(16)9-14(13(17)18)7-4-8-14/h10-11H,2-9H2,1H3,(H,15,16)(H,17,18)/t10-,11-/m0/s1. The lowest BCUT2D eigenvalue weighted by molar-refractivity contribution is -0.157. The van der Waals surface area contributed by atoms with E-state index in [9.17, 15) is 14.7 Å². The Balaban J connectivity index is 1.88. The maximum absolute atomic E-state index is 12.1. The van der Waals surface area contributed by atoms with Crippen LogP contribution in [0.4, 0.5) is 0 Å². The number of methoxy groups -OCH3 is 1. The molecular weight excluding hydrogens is 246 g/mol. The van der Waals surface area contributed by atoms with Gasteiger partial charge in [0, 0.05) is 13.5 Å². The van der Waals surface area contributed by atoms with E-state index in [4.69, 9.17) is 4.74 Å². The summed E-state index contributed by atoms with van der Waals surface area (Å²) in [6.45, 7) is 0. The summed E-state index contributed by atoms with van der Waals surface area (Å²) in [7, 11) is 1.67. The van der Waals surface area contributed by atoms with Crippen LogP contribution in [0.1, 0.15) is 51.4 Å². The lowest BCUT2D eigenvalue weighted by atomic mass is 9.66. The van der Waals surface area contributed by atoms with E-state index in [1.165, 1.54) is 0 Å². The molecule has 0 saturated heterocycles. The van der Waals surface area contributed by atoms with E-state index in [0.717, 1.165) is 32.1 Å². The third kappa shape index (κ3) is 3.08. The predicted molar refractivity (Wildman–Crippen MR) is 69.7 cm³/mol. The Bertz CT molecular complexity index is 351. The predicted octanol–water partition coefficient (Wildman–Crippen LogP) is 1.71. The van der Waals surface area contributed by atoms with Gasteiger partial charge in [-0.25, -0.2) is 0 Å². The van der Waals surface area contributed by atoms with Crippen molar-refractivity contribution in [1.82, 2.24) is 5.32 Å². The van der Waals surface area contributed by atoms with Crippen molar-refractivity contribution in [3.05, 3.63) is 0 Å². The number of rotatable bonds is 5. The van der Waals surface area contributed by atoms with Crippen molar-refractivity contribution in [1.29, 1.82) is 0 Å². The Morgan fingerprint density at radius 1 is 1.26 bits per heavy atom. The van der Waals surface area contributed by atoms with Crippen LogP contribution in [0.25, 0.3) is 0 Å². The van der Waals surface area contributed by atoms with E-state index in [0.29, 0.717) is 12.8 Å². The number of carbonyl (C=O) groups is 2. The van der Waals surface area contributed by atoms with Crippen LogP contribution in [0.3, 0.4) is 0 Å². The number of carboxylic acid groups (broad SMARTS) is 1. The molecule has 2 aliphatic carbocycles. The van der Waals surface area contributed by atoms with Crippen LogP contribution in [0, 0.1) is 5.41 Å². The molecule has 1 amide bonds. The van der Waals surface area contributed by atoms with Gasteiger partial charge in [0.15, 0.2) is 0 Å². The topological polar surface area (TPSA) is 75.6 Å². The fraction of sp³-hybridized carbons (Fsp3) is 0.857. The van der Waals surface area contributed by atoms with Crippen molar-refractivity contribution in [2.24, 2.45) is 5.41 Å². The van der Waals surface area contributed by atoms with E-state index in [2.05, 4.69) is 5.32 Å². The van der Waals surface area contributed by atoms with E-state index in [1.807, 2.05) is 0 Å². The second-order valence-corrected chi connectivity index (χ2v) is 5.85. The molecule has 2 saturated carbocycles. The third-order valence-electron chi connectivity index (χ3n) is 4.61. The molecule has 2 rings (SSSR count). The minimum absolute atomic E-state index is 0.0390. The van der Waals surface area contributed by atoms with Gasteiger partial charge in [-0.1, -0.05) is 19.3 Å². The fourth-order valence-electron chi connectivity index (χ4n) is 3.18. The molecule has 5 nitrogen and oxygen atoms in total. The molecule has 0 unspecified atom stereocenters. The van der Waals surface area contributed by atoms with Gasteiger partial charge in [0.2, 0.25) is 5.91 Å². The van der Waals surface area contributed by atoms with E-state index in [-0.39, 0.29) is 24.5 Å². The van der Waals surface area contributed by atoms with Crippen molar-refractivity contribution in [2.45, 2.75) is 63.5 Å². The highest BCUT2D eigenvalue weighted by molar-refractivity contribution is 5.85. The Morgan fingerprint density at radius 2 is 1.95 bits per heavy atom. The summed E-state index contributed by atoms with van der Waals surface area (Å²) in [6, 6.07) is 0.0390. The number of ether oxygens (including phenoxy) is 1. The van der Waals surface area contributed by atoms with Gasteiger partial charge in [0.1, 0.15) is 0 Å². The first-order chi connectivity index (χ1) is 9.07. The molecule has 19 heavy (non-hydrogen) atoms. The zero-order valence-corrected chi connectivity index (χ0v) is 11.5. The third-order valence-corrected chi connectivity index (χ3v) is 4.61. The molecule has 0 bridgehead atoms. The Hall–Kier alpha value is -1.10. The number of carboxylic acids is 1. The summed E-state index contributed by atoms with van der Waals surface area (Å²) in [6.07, 6.45) is 6.43. The average molecular weight is 269 g/mol. The van der Waals surface area contributed by atoms with Gasteiger partial charge in [-0.15, -0.1) is 0 Å². The van der Waals surface area contributed by atoms with Crippen molar-refractivity contribution < 1.29 is 19.4 Å². The molecule has 2 fully saturated rings. The lowest BCUT2D eigenvalue weighted by Crippen LogP contribution is -2.49. The molecule has 0 spiro atoms. The first-order valence-electron chi connectivity index (χ1n) is 7.13. The molecule has 0 aromatic heterocycles. The summed E-state index contributed by atoms with van der Waals surface area (Å²) < 4.78 is 5.39. The molecule has 0 heterocycles. The molecule has 108 valence electrons. The highest BCUT2D eigenvalue weighted by Gasteiger charge is 2.46. The zero-order chi connectivity index (χ0) is 13.9. The molecule has 2 aliphatic rings. The first-order valence-corrected chi connectivity index (χ1v) is 7.13. The van der Waals surface area contributed by atoms with Gasteiger partial charge in [-0.3, -0.25) is 9.59 Å². The summed E-state index contributed by atoms with van der Waals surface area (Å²) in [5.74, 6) is -0.975. The number of carbonyl (C=O) groups excluding carboxylic acids is 1. The van der Waals surface area contributed by atoms with Gasteiger partial charge >= 0.3 is 5.97 Å². The molecule has 0 aromatic carbocycles. The van der Waals surface area contributed by atoms with Gasteiger partial charge < -0.3 is 15.2 Å². The quantitative estimate of drug-likeness (QED) is 0.796. The molecule has 2 atom stereocenters. The van der Waals surface area contributed by atoms with Gasteiger partial charge in [0.25, 0.3) is 0 Å². The van der Waals surface area contributed by atoms with Crippen molar-refractivity contribution >= 4 is 11.9 Å². The molecule has 2 N–H and O–H groups in total. The van der Waals surface area contributed by atoms with Gasteiger partial charge in [-0.2, -0.15) is 0 Å². The van der Waals surface area contributed by atoms with Crippen LogP contribution in [-0.4, -0.2) is 36.2 Å². The Kier molecular flexibility index (Phi) is 4.45. The van der Waals surface area contributed by atoms with Crippen LogP contribution in [0.2, 0.25) is 0 Å². The monoisotopic (exact) mass is 269 g/mol. The van der Waals surface area contributed by atoms with Gasteiger partial charge in [-0.05, 0) is 25.7 Å². The second kappa shape index (κ2) is 5.90. The Morgan fingerprint density at radius 3 is 2.47 bits per heavy atom. The maximum atomic E-state index is 12.1. The molecule has 0 aromatic rings. The van der Waals surface area contributed by atoms with Crippen molar-refractivity contribution in [3.8, 4) is 0 Å².